The second-order valence-electron chi connectivity index (χ2n) is 5.67. The number of aromatic nitrogens is 1. The van der Waals surface area contributed by atoms with Crippen LogP contribution >= 0.6 is 11.3 Å². The molecule has 4 heteroatoms. The minimum absolute atomic E-state index is 0.142. The van der Waals surface area contributed by atoms with Gasteiger partial charge in [-0.15, -0.1) is 11.3 Å². The van der Waals surface area contributed by atoms with Crippen molar-refractivity contribution in [1.29, 1.82) is 0 Å². The van der Waals surface area contributed by atoms with Crippen molar-refractivity contribution in [1.82, 2.24) is 4.98 Å². The van der Waals surface area contributed by atoms with Gasteiger partial charge in [-0.2, -0.15) is 0 Å². The van der Waals surface area contributed by atoms with Crippen molar-refractivity contribution in [3.63, 3.8) is 0 Å². The average Bonchev–Trinajstić information content (AvgIpc) is 3.03. The summed E-state index contributed by atoms with van der Waals surface area (Å²) in [4.78, 5) is 16.4. The molecular formula is C17H20N2OS. The molecule has 1 saturated carbocycles. The topological polar surface area (TPSA) is 42.0 Å². The van der Waals surface area contributed by atoms with E-state index in [4.69, 9.17) is 0 Å². The van der Waals surface area contributed by atoms with Crippen molar-refractivity contribution in [3.05, 3.63) is 35.8 Å². The van der Waals surface area contributed by atoms with Gasteiger partial charge in [0.2, 0.25) is 5.91 Å². The maximum atomic E-state index is 12.1. The number of nitrogens with one attached hydrogen (secondary N) is 1. The zero-order valence-electron chi connectivity index (χ0n) is 12.0. The zero-order chi connectivity index (χ0) is 14.5. The molecule has 1 aliphatic carbocycles. The van der Waals surface area contributed by atoms with Gasteiger partial charge in [-0.1, -0.05) is 19.3 Å². The number of anilines is 1. The monoisotopic (exact) mass is 300 g/mol. The largest absolute Gasteiger partial charge is 0.326 e. The van der Waals surface area contributed by atoms with Crippen LogP contribution in [0.5, 0.6) is 0 Å². The third kappa shape index (κ3) is 3.91. The van der Waals surface area contributed by atoms with Crippen molar-refractivity contribution in [2.75, 3.05) is 5.32 Å². The highest BCUT2D eigenvalue weighted by atomic mass is 32.1. The lowest BCUT2D eigenvalue weighted by atomic mass is 9.87. The molecule has 1 fully saturated rings. The Morgan fingerprint density at radius 2 is 1.95 bits per heavy atom. The summed E-state index contributed by atoms with van der Waals surface area (Å²) >= 11 is 1.62. The predicted molar refractivity (Wildman–Crippen MR) is 87.4 cm³/mol. The first kappa shape index (κ1) is 14.3. The molecule has 1 aromatic carbocycles. The summed E-state index contributed by atoms with van der Waals surface area (Å²) in [6.45, 7) is 0. The van der Waals surface area contributed by atoms with E-state index in [1.807, 2.05) is 29.6 Å². The Bertz CT molecular complexity index is 571. The number of amides is 1. The van der Waals surface area contributed by atoms with Crippen LogP contribution in [0, 0.1) is 5.92 Å². The molecule has 1 heterocycles. The van der Waals surface area contributed by atoms with Crippen LogP contribution in [-0.2, 0) is 4.79 Å². The van der Waals surface area contributed by atoms with Crippen molar-refractivity contribution >= 4 is 22.9 Å². The van der Waals surface area contributed by atoms with E-state index in [1.54, 1.807) is 17.5 Å². The summed E-state index contributed by atoms with van der Waals surface area (Å²) < 4.78 is 0. The van der Waals surface area contributed by atoms with Gasteiger partial charge in [-0.25, -0.2) is 4.98 Å². The lowest BCUT2D eigenvalue weighted by molar-refractivity contribution is -0.117. The van der Waals surface area contributed by atoms with Crippen molar-refractivity contribution in [2.45, 2.75) is 38.5 Å². The summed E-state index contributed by atoms with van der Waals surface area (Å²) in [5.74, 6) is 0.720. The Morgan fingerprint density at radius 1 is 1.19 bits per heavy atom. The summed E-state index contributed by atoms with van der Waals surface area (Å²) in [5.41, 5.74) is 1.96. The van der Waals surface area contributed by atoms with E-state index in [2.05, 4.69) is 10.3 Å². The van der Waals surface area contributed by atoms with Gasteiger partial charge < -0.3 is 5.32 Å². The van der Waals surface area contributed by atoms with Gasteiger partial charge in [0.1, 0.15) is 5.01 Å². The molecule has 0 unspecified atom stereocenters. The van der Waals surface area contributed by atoms with Gasteiger partial charge in [0.25, 0.3) is 0 Å². The summed E-state index contributed by atoms with van der Waals surface area (Å²) in [5, 5.41) is 5.98. The highest BCUT2D eigenvalue weighted by Gasteiger charge is 2.17. The third-order valence-corrected chi connectivity index (χ3v) is 4.87. The first-order valence-electron chi connectivity index (χ1n) is 7.61. The fraction of sp³-hybridized carbons (Fsp3) is 0.412. The SMILES string of the molecule is O=C(CC1CCCCC1)Nc1ccc(-c2nccs2)cc1. The first-order chi connectivity index (χ1) is 10.3. The number of hydrogen-bond acceptors (Lipinski definition) is 3. The van der Waals surface area contributed by atoms with Crippen LogP contribution in [0.2, 0.25) is 0 Å². The smallest absolute Gasteiger partial charge is 0.224 e. The van der Waals surface area contributed by atoms with Crippen LogP contribution in [0.3, 0.4) is 0 Å². The second kappa shape index (κ2) is 6.85. The quantitative estimate of drug-likeness (QED) is 0.887. The van der Waals surface area contributed by atoms with Crippen molar-refractivity contribution < 1.29 is 4.79 Å². The van der Waals surface area contributed by atoms with E-state index >= 15 is 0 Å². The molecule has 3 rings (SSSR count). The van der Waals surface area contributed by atoms with Crippen LogP contribution in [-0.4, -0.2) is 10.9 Å². The number of thiazole rings is 1. The van der Waals surface area contributed by atoms with Crippen LogP contribution in [0.4, 0.5) is 5.69 Å². The van der Waals surface area contributed by atoms with E-state index in [0.29, 0.717) is 12.3 Å². The first-order valence-corrected chi connectivity index (χ1v) is 8.49. The number of carbonyl (C=O) groups is 1. The van der Waals surface area contributed by atoms with Gasteiger partial charge in [0.05, 0.1) is 0 Å². The van der Waals surface area contributed by atoms with E-state index in [1.165, 1.54) is 32.1 Å². The minimum atomic E-state index is 0.142. The van der Waals surface area contributed by atoms with Crippen molar-refractivity contribution in [3.8, 4) is 10.6 Å². The van der Waals surface area contributed by atoms with E-state index in [9.17, 15) is 4.79 Å². The van der Waals surface area contributed by atoms with Gasteiger partial charge in [0.15, 0.2) is 0 Å². The molecule has 1 N–H and O–H groups in total. The lowest BCUT2D eigenvalue weighted by Gasteiger charge is -2.20. The summed E-state index contributed by atoms with van der Waals surface area (Å²) in [7, 11) is 0. The Labute approximate surface area is 129 Å². The van der Waals surface area contributed by atoms with Gasteiger partial charge in [-0.3, -0.25) is 4.79 Å². The molecule has 1 aromatic heterocycles. The van der Waals surface area contributed by atoms with Gasteiger partial charge in [0, 0.05) is 29.2 Å². The maximum absolute atomic E-state index is 12.1. The highest BCUT2D eigenvalue weighted by molar-refractivity contribution is 7.13. The predicted octanol–water partition coefficient (Wildman–Crippen LogP) is 4.72. The highest BCUT2D eigenvalue weighted by Crippen LogP contribution is 2.27. The van der Waals surface area contributed by atoms with E-state index in [0.717, 1.165) is 16.3 Å². The molecule has 21 heavy (non-hydrogen) atoms. The normalized spacial score (nSPS) is 15.8. The van der Waals surface area contributed by atoms with Crippen LogP contribution in [0.15, 0.2) is 35.8 Å². The number of rotatable bonds is 4. The molecule has 0 saturated heterocycles. The lowest BCUT2D eigenvalue weighted by Crippen LogP contribution is -2.18. The molecular weight excluding hydrogens is 280 g/mol. The Hall–Kier alpha value is -1.68. The van der Waals surface area contributed by atoms with Gasteiger partial charge >= 0.3 is 0 Å². The molecule has 0 atom stereocenters. The molecule has 1 amide bonds. The summed E-state index contributed by atoms with van der Waals surface area (Å²) in [6.07, 6.45) is 8.76. The maximum Gasteiger partial charge on any atom is 0.224 e. The number of nitrogens with zero attached hydrogens (tertiary/aromatic N) is 1. The number of hydrogen-bond donors (Lipinski definition) is 1. The van der Waals surface area contributed by atoms with Crippen LogP contribution in [0.25, 0.3) is 10.6 Å². The molecule has 110 valence electrons. The molecule has 2 aromatic rings. The fourth-order valence-corrected chi connectivity index (χ4v) is 3.57. The summed E-state index contributed by atoms with van der Waals surface area (Å²) in [6, 6.07) is 7.93. The molecule has 0 spiro atoms. The Morgan fingerprint density at radius 3 is 2.62 bits per heavy atom. The molecule has 0 bridgehead atoms. The van der Waals surface area contributed by atoms with Gasteiger partial charge in [-0.05, 0) is 43.0 Å². The van der Waals surface area contributed by atoms with E-state index < -0.39 is 0 Å². The van der Waals surface area contributed by atoms with Crippen LogP contribution in [0.1, 0.15) is 38.5 Å². The molecule has 0 aliphatic heterocycles. The average molecular weight is 300 g/mol. The Balaban J connectivity index is 1.56. The molecule has 0 radical (unpaired) electrons. The number of benzene rings is 1. The van der Waals surface area contributed by atoms with Crippen molar-refractivity contribution in [2.24, 2.45) is 5.92 Å². The van der Waals surface area contributed by atoms with E-state index in [-0.39, 0.29) is 5.91 Å². The second-order valence-corrected chi connectivity index (χ2v) is 6.57. The molecule has 1 aliphatic rings. The minimum Gasteiger partial charge on any atom is -0.326 e. The zero-order valence-corrected chi connectivity index (χ0v) is 12.9. The fourth-order valence-electron chi connectivity index (χ4n) is 2.93. The Kier molecular flexibility index (Phi) is 4.65. The third-order valence-electron chi connectivity index (χ3n) is 4.05. The number of carbonyl (C=O) groups excluding carboxylic acids is 1. The van der Waals surface area contributed by atoms with Crippen LogP contribution < -0.4 is 5.32 Å². The standard InChI is InChI=1S/C17H20N2OS/c20-16(12-13-4-2-1-3-5-13)19-15-8-6-14(7-9-15)17-18-10-11-21-17/h6-11,13H,1-5,12H2,(H,19,20). The molecule has 3 nitrogen and oxygen atoms in total.